The fourth-order valence-corrected chi connectivity index (χ4v) is 5.48. The van der Waals surface area contributed by atoms with E-state index in [9.17, 15) is 19.2 Å². The number of hydrogen-bond acceptors (Lipinski definition) is 7. The number of fused-ring (bicyclic) bond motifs is 1. The number of pyridine rings is 1. The molecule has 198 valence electrons. The average Bonchev–Trinajstić information content (AvgIpc) is 3.27. The number of nitrogens with zero attached hydrogens (tertiary/aromatic N) is 3. The molecule has 3 amide bonds. The highest BCUT2D eigenvalue weighted by Gasteiger charge is 2.25. The third-order valence-electron chi connectivity index (χ3n) is 6.82. The van der Waals surface area contributed by atoms with Gasteiger partial charge in [-0.15, -0.1) is 0 Å². The predicted octanol–water partition coefficient (Wildman–Crippen LogP) is 4.80. The Morgan fingerprint density at radius 1 is 1.00 bits per heavy atom. The summed E-state index contributed by atoms with van der Waals surface area (Å²) >= 11 is 0.900. The van der Waals surface area contributed by atoms with Crippen LogP contribution in [-0.2, 0) is 14.4 Å². The quantitative estimate of drug-likeness (QED) is 0.430. The number of hydrogen-bond donors (Lipinski definition) is 1. The number of carbonyl (C=O) groups is 4. The third kappa shape index (κ3) is 6.09. The van der Waals surface area contributed by atoms with Crippen LogP contribution in [0, 0.1) is 0 Å². The van der Waals surface area contributed by atoms with Crippen molar-refractivity contribution in [2.75, 3.05) is 31.1 Å². The van der Waals surface area contributed by atoms with Gasteiger partial charge in [-0.1, -0.05) is 24.3 Å². The molecular weight excluding hydrogens is 512 g/mol. The van der Waals surface area contributed by atoms with Crippen molar-refractivity contribution in [3.8, 4) is 11.1 Å². The third-order valence-corrected chi connectivity index (χ3v) is 7.63. The minimum absolute atomic E-state index is 0.0171. The summed E-state index contributed by atoms with van der Waals surface area (Å²) in [5.74, 6) is -0.366. The molecule has 2 saturated heterocycles. The number of carbonyl (C=O) groups excluding carboxylic acids is 4. The number of imide groups is 1. The summed E-state index contributed by atoms with van der Waals surface area (Å²) in [5, 5.41) is 2.87. The number of thioether (sulfide) groups is 1. The van der Waals surface area contributed by atoms with E-state index in [1.807, 2.05) is 29.2 Å². The topological polar surface area (TPSA) is 99.7 Å². The van der Waals surface area contributed by atoms with E-state index in [-0.39, 0.29) is 35.7 Å². The number of allylic oxidation sites excluding steroid dienone is 2. The molecule has 39 heavy (non-hydrogen) atoms. The monoisotopic (exact) mass is 540 g/mol. The van der Waals surface area contributed by atoms with E-state index < -0.39 is 0 Å². The van der Waals surface area contributed by atoms with Gasteiger partial charge in [-0.2, -0.15) is 0 Å². The fourth-order valence-electron chi connectivity index (χ4n) is 4.80. The molecule has 2 aliphatic heterocycles. The van der Waals surface area contributed by atoms with Gasteiger partial charge in [0.25, 0.3) is 11.1 Å². The molecule has 0 spiro atoms. The Bertz CT molecular complexity index is 1510. The van der Waals surface area contributed by atoms with Crippen molar-refractivity contribution in [3.63, 3.8) is 0 Å². The zero-order chi connectivity index (χ0) is 27.4. The Hall–Kier alpha value is -4.24. The lowest BCUT2D eigenvalue weighted by molar-refractivity contribution is -0.133. The van der Waals surface area contributed by atoms with Crippen LogP contribution < -0.4 is 10.2 Å². The molecule has 5 rings (SSSR count). The predicted molar refractivity (Wildman–Crippen MR) is 154 cm³/mol. The van der Waals surface area contributed by atoms with Gasteiger partial charge in [0, 0.05) is 56.3 Å². The summed E-state index contributed by atoms with van der Waals surface area (Å²) in [6.07, 6.45) is 7.21. The zero-order valence-electron chi connectivity index (χ0n) is 21.6. The van der Waals surface area contributed by atoms with E-state index in [1.54, 1.807) is 25.3 Å². The summed E-state index contributed by atoms with van der Waals surface area (Å²) in [4.78, 5) is 56.6. The molecule has 3 heterocycles. The summed E-state index contributed by atoms with van der Waals surface area (Å²) in [5.41, 5.74) is 4.81. The molecule has 3 aromatic rings. The van der Waals surface area contributed by atoms with Gasteiger partial charge in [-0.3, -0.25) is 29.5 Å². The highest BCUT2D eigenvalue weighted by molar-refractivity contribution is 8.18. The number of piperazine rings is 1. The van der Waals surface area contributed by atoms with Crippen LogP contribution in [0.2, 0.25) is 0 Å². The molecule has 0 bridgehead atoms. The minimum Gasteiger partial charge on any atom is -0.368 e. The maximum Gasteiger partial charge on any atom is 0.290 e. The maximum absolute atomic E-state index is 12.5. The number of ketones is 1. The Morgan fingerprint density at radius 2 is 1.77 bits per heavy atom. The summed E-state index contributed by atoms with van der Waals surface area (Å²) < 4.78 is 0. The van der Waals surface area contributed by atoms with E-state index in [4.69, 9.17) is 0 Å². The molecule has 0 atom stereocenters. The molecule has 8 nitrogen and oxygen atoms in total. The molecule has 2 aromatic carbocycles. The number of benzene rings is 2. The molecule has 2 fully saturated rings. The number of nitrogens with one attached hydrogen (secondary N) is 1. The standard InChI is InChI=1S/C30H28N4O4S/c1-2-3-23(35)9-11-28(36)34-16-14-33(15-17-34)22-7-5-21(6-8-22)24-12-13-31-26-10-4-20(18-25(24)26)19-27-29(37)32-30(38)39-27/h2-8,10,12-13,18-19H,9,11,14-17H2,1H3,(H,32,37,38)/b3-2+,27-19-. The van der Waals surface area contributed by atoms with Crippen molar-refractivity contribution < 1.29 is 19.2 Å². The second kappa shape index (κ2) is 11.7. The van der Waals surface area contributed by atoms with Crippen LogP contribution >= 0.6 is 11.8 Å². The van der Waals surface area contributed by atoms with Crippen molar-refractivity contribution in [1.29, 1.82) is 0 Å². The maximum atomic E-state index is 12.5. The first-order valence-corrected chi connectivity index (χ1v) is 13.7. The fraction of sp³-hybridized carbons (Fsp3) is 0.233. The first-order valence-electron chi connectivity index (χ1n) is 12.8. The Morgan fingerprint density at radius 3 is 2.46 bits per heavy atom. The Kier molecular flexibility index (Phi) is 7.88. The number of anilines is 1. The number of aromatic nitrogens is 1. The number of amides is 3. The van der Waals surface area contributed by atoms with Gasteiger partial charge >= 0.3 is 0 Å². The Labute approximate surface area is 230 Å². The summed E-state index contributed by atoms with van der Waals surface area (Å²) in [6.45, 7) is 4.53. The van der Waals surface area contributed by atoms with E-state index in [0.29, 0.717) is 18.0 Å². The Balaban J connectivity index is 1.27. The van der Waals surface area contributed by atoms with Crippen LogP contribution in [-0.4, -0.2) is 58.9 Å². The highest BCUT2D eigenvalue weighted by atomic mass is 32.2. The van der Waals surface area contributed by atoms with Crippen LogP contribution in [0.15, 0.2) is 71.8 Å². The van der Waals surface area contributed by atoms with Crippen LogP contribution in [0.4, 0.5) is 10.5 Å². The lowest BCUT2D eigenvalue weighted by Gasteiger charge is -2.36. The van der Waals surface area contributed by atoms with Crippen LogP contribution in [0.3, 0.4) is 0 Å². The van der Waals surface area contributed by atoms with E-state index in [2.05, 4.69) is 39.5 Å². The van der Waals surface area contributed by atoms with Crippen molar-refractivity contribution in [2.24, 2.45) is 0 Å². The number of rotatable bonds is 7. The molecule has 1 N–H and O–H groups in total. The molecule has 9 heteroatoms. The van der Waals surface area contributed by atoms with E-state index in [0.717, 1.165) is 58.1 Å². The highest BCUT2D eigenvalue weighted by Crippen LogP contribution is 2.32. The van der Waals surface area contributed by atoms with Crippen LogP contribution in [0.1, 0.15) is 25.3 Å². The molecular formula is C30H28N4O4S. The molecule has 2 aliphatic rings. The minimum atomic E-state index is -0.378. The normalized spacial score (nSPS) is 16.9. The second-order valence-electron chi connectivity index (χ2n) is 9.37. The van der Waals surface area contributed by atoms with Crippen LogP contribution in [0.25, 0.3) is 28.1 Å². The van der Waals surface area contributed by atoms with Crippen LogP contribution in [0.5, 0.6) is 0 Å². The van der Waals surface area contributed by atoms with Gasteiger partial charge < -0.3 is 9.80 Å². The lowest BCUT2D eigenvalue weighted by atomic mass is 9.99. The summed E-state index contributed by atoms with van der Waals surface area (Å²) in [6, 6.07) is 16.1. The summed E-state index contributed by atoms with van der Waals surface area (Å²) in [7, 11) is 0. The molecule has 0 unspecified atom stereocenters. The van der Waals surface area contributed by atoms with Crippen molar-refractivity contribution >= 4 is 57.3 Å². The van der Waals surface area contributed by atoms with E-state index in [1.165, 1.54) is 6.08 Å². The molecule has 0 saturated carbocycles. The van der Waals surface area contributed by atoms with Gasteiger partial charge in [0.2, 0.25) is 5.91 Å². The molecule has 0 aliphatic carbocycles. The first-order chi connectivity index (χ1) is 18.9. The van der Waals surface area contributed by atoms with Gasteiger partial charge in [0.15, 0.2) is 5.78 Å². The van der Waals surface area contributed by atoms with Gasteiger partial charge in [0.05, 0.1) is 10.4 Å². The van der Waals surface area contributed by atoms with Crippen molar-refractivity contribution in [1.82, 2.24) is 15.2 Å². The lowest BCUT2D eigenvalue weighted by Crippen LogP contribution is -2.48. The smallest absolute Gasteiger partial charge is 0.290 e. The van der Waals surface area contributed by atoms with Gasteiger partial charge in [-0.05, 0) is 77.9 Å². The SMILES string of the molecule is C/C=C/C(=O)CCC(=O)N1CCN(c2ccc(-c3ccnc4ccc(/C=C5\SC(=O)NC5=O)cc34)cc2)CC1. The average molecular weight is 541 g/mol. The largest absolute Gasteiger partial charge is 0.368 e. The van der Waals surface area contributed by atoms with Crippen molar-refractivity contribution in [3.05, 3.63) is 77.3 Å². The zero-order valence-corrected chi connectivity index (χ0v) is 22.4. The van der Waals surface area contributed by atoms with Gasteiger partial charge in [-0.25, -0.2) is 0 Å². The van der Waals surface area contributed by atoms with Gasteiger partial charge in [0.1, 0.15) is 0 Å². The molecule has 0 radical (unpaired) electrons. The molecule has 1 aromatic heterocycles. The first kappa shape index (κ1) is 26.4. The van der Waals surface area contributed by atoms with Crippen molar-refractivity contribution in [2.45, 2.75) is 19.8 Å². The van der Waals surface area contributed by atoms with E-state index >= 15 is 0 Å². The second-order valence-corrected chi connectivity index (χ2v) is 10.4.